The average molecular weight is 471 g/mol. The molecule has 2 fully saturated rings. The first-order valence-corrected chi connectivity index (χ1v) is 10.4. The van der Waals surface area contributed by atoms with Crippen molar-refractivity contribution >= 4 is 33.8 Å². The number of aryl methyl sites for hydroxylation is 1. The van der Waals surface area contributed by atoms with Gasteiger partial charge in [0.1, 0.15) is 5.82 Å². The van der Waals surface area contributed by atoms with Crippen LogP contribution in [-0.2, 0) is 15.9 Å². The predicted molar refractivity (Wildman–Crippen MR) is 130 cm³/mol. The smallest absolute Gasteiger partial charge is 0.228 e. The summed E-state index contributed by atoms with van der Waals surface area (Å²) in [4.78, 5) is 26.1. The molecule has 1 saturated carbocycles. The van der Waals surface area contributed by atoms with Gasteiger partial charge in [0.2, 0.25) is 5.91 Å². The van der Waals surface area contributed by atoms with Crippen molar-refractivity contribution in [3.63, 3.8) is 0 Å². The molecule has 6 rings (SSSR count). The summed E-state index contributed by atoms with van der Waals surface area (Å²) in [5, 5.41) is 7.67. The fourth-order valence-electron chi connectivity index (χ4n) is 3.72. The summed E-state index contributed by atoms with van der Waals surface area (Å²) in [6.45, 7) is -13.8. The van der Waals surface area contributed by atoms with E-state index in [1.54, 1.807) is 0 Å². The lowest BCUT2D eigenvalue weighted by atomic mass is 10.1. The first-order valence-electron chi connectivity index (χ1n) is 16.9. The first kappa shape index (κ1) is 11.2. The molecule has 1 amide bonds. The maximum Gasteiger partial charge on any atom is 0.228 e. The molecule has 4 aromatic rings. The molecule has 0 bridgehead atoms. The zero-order valence-electron chi connectivity index (χ0n) is 30.8. The largest absolute Gasteiger partial charge is 0.378 e. The topological polar surface area (TPSA) is 97.5 Å². The van der Waals surface area contributed by atoms with Crippen molar-refractivity contribution in [1.82, 2.24) is 24.6 Å². The maximum atomic E-state index is 12.8. The SMILES string of the molecule is [2H]C([2H])(C)c1ncc(-c2nc3ccc(N4C([2H])([2H])C([2H])([2H])OC([2H])([2H])C4([2H])[2H])cn3n2)c2cc(NC(=O)[C@@H]3C[C@@H]3C([2H])([2H])[2H])ncc12. The predicted octanol–water partition coefficient (Wildman–Crippen LogP) is 3.33. The molecular weight excluding hydrogens is 430 g/mol. The molecule has 9 nitrogen and oxygen atoms in total. The van der Waals surface area contributed by atoms with Gasteiger partial charge in [0.25, 0.3) is 0 Å². The lowest BCUT2D eigenvalue weighted by Crippen LogP contribution is -2.36. The molecule has 0 unspecified atom stereocenters. The average Bonchev–Trinajstić information content (AvgIpc) is 3.64. The van der Waals surface area contributed by atoms with Crippen LogP contribution in [0.5, 0.6) is 0 Å². The molecule has 9 heteroatoms. The zero-order valence-corrected chi connectivity index (χ0v) is 17.8. The van der Waals surface area contributed by atoms with Gasteiger partial charge in [-0.15, -0.1) is 5.10 Å². The number of anilines is 2. The van der Waals surface area contributed by atoms with Crippen molar-refractivity contribution in [2.45, 2.75) is 26.6 Å². The van der Waals surface area contributed by atoms with Gasteiger partial charge in [-0.25, -0.2) is 14.5 Å². The van der Waals surface area contributed by atoms with Crippen LogP contribution in [-0.4, -0.2) is 56.6 Å². The van der Waals surface area contributed by atoms with Crippen LogP contribution in [0.3, 0.4) is 0 Å². The van der Waals surface area contributed by atoms with Gasteiger partial charge in [0.15, 0.2) is 11.5 Å². The lowest BCUT2D eigenvalue weighted by molar-refractivity contribution is -0.117. The Balaban J connectivity index is 1.43. The van der Waals surface area contributed by atoms with Crippen LogP contribution in [0.2, 0.25) is 0 Å². The molecule has 2 aliphatic rings. The molecule has 34 heavy (non-hydrogen) atoms. The molecule has 174 valence electrons. The summed E-state index contributed by atoms with van der Waals surface area (Å²) >= 11 is 0. The Morgan fingerprint density at radius 3 is 2.97 bits per heavy atom. The van der Waals surface area contributed by atoms with Gasteiger partial charge in [-0.3, -0.25) is 9.78 Å². The van der Waals surface area contributed by atoms with E-state index in [0.29, 0.717) is 10.3 Å². The van der Waals surface area contributed by atoms with Gasteiger partial charge >= 0.3 is 0 Å². The van der Waals surface area contributed by atoms with Crippen LogP contribution < -0.4 is 10.2 Å². The van der Waals surface area contributed by atoms with Gasteiger partial charge in [-0.1, -0.05) is 13.8 Å². The van der Waals surface area contributed by atoms with Gasteiger partial charge in [-0.05, 0) is 36.9 Å². The van der Waals surface area contributed by atoms with E-state index in [9.17, 15) is 4.79 Å². The van der Waals surface area contributed by atoms with E-state index in [1.807, 2.05) is 0 Å². The number of ether oxygens (including phenoxy) is 1. The van der Waals surface area contributed by atoms with Crippen LogP contribution in [0.1, 0.15) is 43.7 Å². The highest BCUT2D eigenvalue weighted by Crippen LogP contribution is 2.38. The Labute approximate surface area is 215 Å². The van der Waals surface area contributed by atoms with E-state index >= 15 is 0 Å². The second kappa shape index (κ2) is 8.32. The van der Waals surface area contributed by atoms with Crippen LogP contribution in [0, 0.1) is 11.8 Å². The molecule has 1 aliphatic heterocycles. The second-order valence-electron chi connectivity index (χ2n) is 7.81. The number of fused-ring (bicyclic) bond motifs is 2. The van der Waals surface area contributed by atoms with E-state index in [-0.39, 0.29) is 46.0 Å². The Morgan fingerprint density at radius 2 is 2.18 bits per heavy atom. The van der Waals surface area contributed by atoms with Crippen LogP contribution >= 0.6 is 0 Å². The lowest BCUT2D eigenvalue weighted by Gasteiger charge is -2.28. The minimum atomic E-state index is -3.25. The van der Waals surface area contributed by atoms with Gasteiger partial charge < -0.3 is 15.0 Å². The number of aromatic nitrogens is 5. The quantitative estimate of drug-likeness (QED) is 0.478. The zero-order chi connectivity index (χ0) is 34.7. The standard InChI is InChI=1S/C25H27N7O2/c1-3-21-19-12-27-22(28-25(33)17-10-15(17)2)11-18(19)20(13-26-21)24-29-23-5-4-16(14-32(23)30-24)31-6-8-34-9-7-31/h4-5,11-15,17H,3,6-10H2,1-2H3,(H,27,28,33)/t15-,17+/m0/s1/i2D3,3D2,6D2,7D2,8D2,9D2. The van der Waals surface area contributed by atoms with Crippen molar-refractivity contribution in [3.8, 4) is 11.4 Å². The van der Waals surface area contributed by atoms with Crippen molar-refractivity contribution in [3.05, 3.63) is 42.5 Å². The Hall–Kier alpha value is -3.59. The molecule has 1 saturated heterocycles. The molecule has 1 aliphatic carbocycles. The third-order valence-corrected chi connectivity index (χ3v) is 5.62. The van der Waals surface area contributed by atoms with E-state index in [0.717, 1.165) is 10.7 Å². The molecule has 1 N–H and O–H groups in total. The molecule has 0 aromatic carbocycles. The molecule has 5 heterocycles. The van der Waals surface area contributed by atoms with Crippen molar-refractivity contribution in [1.29, 1.82) is 0 Å². The van der Waals surface area contributed by atoms with Crippen LogP contribution in [0.15, 0.2) is 36.8 Å². The molecule has 4 aromatic heterocycles. The summed E-state index contributed by atoms with van der Waals surface area (Å²) < 4.78 is 110. The normalized spacial score (nSPS) is 32.5. The number of hydrogen-bond donors (Lipinski definition) is 1. The van der Waals surface area contributed by atoms with E-state index in [2.05, 4.69) is 30.1 Å². The summed E-state index contributed by atoms with van der Waals surface area (Å²) in [5.41, 5.74) is 0.215. The third kappa shape index (κ3) is 3.75. The van der Waals surface area contributed by atoms with E-state index < -0.39 is 57.1 Å². The molecule has 0 radical (unpaired) electrons. The minimum absolute atomic E-state index is 0.0367. The number of carbonyl (C=O) groups is 1. The summed E-state index contributed by atoms with van der Waals surface area (Å²) in [6, 6.07) is 4.04. The second-order valence-corrected chi connectivity index (χ2v) is 7.81. The van der Waals surface area contributed by atoms with Crippen LogP contribution in [0.4, 0.5) is 11.5 Å². The number of amides is 1. The monoisotopic (exact) mass is 470 g/mol. The van der Waals surface area contributed by atoms with Crippen molar-refractivity contribution in [2.24, 2.45) is 11.8 Å². The van der Waals surface area contributed by atoms with Crippen molar-refractivity contribution in [2.75, 3.05) is 36.3 Å². The molecule has 0 spiro atoms. The third-order valence-electron chi connectivity index (χ3n) is 5.62. The van der Waals surface area contributed by atoms with Crippen LogP contribution in [0.25, 0.3) is 27.8 Å². The van der Waals surface area contributed by atoms with E-state index in [1.165, 1.54) is 37.5 Å². The number of rotatable bonds is 5. The highest BCUT2D eigenvalue weighted by Gasteiger charge is 2.39. The Kier molecular flexibility index (Phi) is 2.75. The number of hydrogen-bond acceptors (Lipinski definition) is 7. The maximum absolute atomic E-state index is 12.8. The molecular formula is C25H27N7O2. The minimum Gasteiger partial charge on any atom is -0.378 e. The van der Waals surface area contributed by atoms with Gasteiger partial charge in [-0.2, -0.15) is 0 Å². The summed E-state index contributed by atoms with van der Waals surface area (Å²) in [5.74, 6) is -1.88. The molecule has 2 atom stereocenters. The number of nitrogens with zero attached hydrogens (tertiary/aromatic N) is 6. The first-order chi connectivity index (χ1) is 21.5. The number of pyridine rings is 3. The fourth-order valence-corrected chi connectivity index (χ4v) is 3.72. The number of nitrogens with one attached hydrogen (secondary N) is 1. The summed E-state index contributed by atoms with van der Waals surface area (Å²) in [6.07, 6.45) is 2.11. The highest BCUT2D eigenvalue weighted by atomic mass is 16.5. The Morgan fingerprint density at radius 1 is 1.29 bits per heavy atom. The summed E-state index contributed by atoms with van der Waals surface area (Å²) in [7, 11) is 0. The Bertz CT molecular complexity index is 1900. The van der Waals surface area contributed by atoms with Gasteiger partial charge in [0.05, 0.1) is 36.0 Å². The fraction of sp³-hybridized carbons (Fsp3) is 0.400. The number of morpholine rings is 1. The van der Waals surface area contributed by atoms with Gasteiger partial charge in [0, 0.05) is 60.2 Å². The van der Waals surface area contributed by atoms with E-state index in [4.69, 9.17) is 17.8 Å². The highest BCUT2D eigenvalue weighted by molar-refractivity contribution is 6.00. The number of carbonyl (C=O) groups excluding carboxylic acids is 1. The van der Waals surface area contributed by atoms with Crippen molar-refractivity contribution < 1.29 is 27.4 Å².